The molecular formula is C29H38N4O4S2. The normalized spacial score (nSPS) is 17.9. The molecule has 0 amide bonds. The highest BCUT2D eigenvalue weighted by atomic mass is 32.2. The van der Waals surface area contributed by atoms with Crippen LogP contribution in [0.25, 0.3) is 0 Å². The molecule has 3 aromatic rings. The fourth-order valence-electron chi connectivity index (χ4n) is 4.81. The van der Waals surface area contributed by atoms with E-state index < -0.39 is 20.0 Å². The highest BCUT2D eigenvalue weighted by Crippen LogP contribution is 2.22. The van der Waals surface area contributed by atoms with Gasteiger partial charge in [-0.3, -0.25) is 4.90 Å². The Morgan fingerprint density at radius 2 is 1.31 bits per heavy atom. The molecule has 4 rings (SSSR count). The van der Waals surface area contributed by atoms with Gasteiger partial charge in [0, 0.05) is 52.2 Å². The fourth-order valence-corrected chi connectivity index (χ4v) is 7.86. The molecule has 0 bridgehead atoms. The molecule has 39 heavy (non-hydrogen) atoms. The number of rotatable bonds is 6. The second kappa shape index (κ2) is 12.6. The van der Waals surface area contributed by atoms with Crippen LogP contribution in [0.3, 0.4) is 0 Å². The number of aryl methyl sites for hydroxylation is 2. The number of nitrogens with zero attached hydrogens (tertiary/aromatic N) is 4. The highest BCUT2D eigenvalue weighted by Gasteiger charge is 2.29. The van der Waals surface area contributed by atoms with E-state index in [-0.39, 0.29) is 22.9 Å². The quantitative estimate of drug-likeness (QED) is 0.421. The van der Waals surface area contributed by atoms with E-state index in [2.05, 4.69) is 23.6 Å². The van der Waals surface area contributed by atoms with Crippen LogP contribution in [-0.2, 0) is 33.6 Å². The van der Waals surface area contributed by atoms with Gasteiger partial charge in [-0.2, -0.15) is 8.61 Å². The lowest BCUT2D eigenvalue weighted by atomic mass is 10.2. The first-order chi connectivity index (χ1) is 18.6. The molecule has 1 fully saturated rings. The summed E-state index contributed by atoms with van der Waals surface area (Å²) in [6, 6.07) is 18.5. The molecule has 0 aliphatic carbocycles. The van der Waals surface area contributed by atoms with Crippen LogP contribution in [0.2, 0.25) is 0 Å². The van der Waals surface area contributed by atoms with Gasteiger partial charge in [0.1, 0.15) is 0 Å². The Morgan fingerprint density at radius 3 is 1.85 bits per heavy atom. The summed E-state index contributed by atoms with van der Waals surface area (Å²) in [6.45, 7) is 8.85. The third-order valence-electron chi connectivity index (χ3n) is 6.91. The average molecular weight is 571 g/mol. The average Bonchev–Trinajstić information content (AvgIpc) is 3.34. The fraction of sp³-hybridized carbons (Fsp3) is 0.379. The standard InChI is InChI=1S/C29H38N4O4S2/c1-25-11-13-28(14-12-25)38(34,35)32-18-7-16-31(23-27-9-5-4-6-10-27)17-8-19-33(22-26(2)21-32)39(36,37)29-15-20-30(3)24-29/h4-6,9-15,20,24H,2,7-8,16-19,21-23H2,1,3H3. The zero-order chi connectivity index (χ0) is 28.0. The van der Waals surface area contributed by atoms with E-state index >= 15 is 0 Å². The second-order valence-electron chi connectivity index (χ2n) is 10.2. The van der Waals surface area contributed by atoms with Gasteiger partial charge >= 0.3 is 0 Å². The van der Waals surface area contributed by atoms with Gasteiger partial charge in [0.2, 0.25) is 20.0 Å². The zero-order valence-corrected chi connectivity index (χ0v) is 24.4. The van der Waals surface area contributed by atoms with Crippen molar-refractivity contribution in [1.29, 1.82) is 0 Å². The molecule has 1 saturated heterocycles. The predicted octanol–water partition coefficient (Wildman–Crippen LogP) is 3.87. The third-order valence-corrected chi connectivity index (χ3v) is 10.6. The summed E-state index contributed by atoms with van der Waals surface area (Å²) in [5, 5.41) is 0. The van der Waals surface area contributed by atoms with Crippen molar-refractivity contribution in [2.24, 2.45) is 7.05 Å². The monoisotopic (exact) mass is 570 g/mol. The number of aromatic nitrogens is 1. The third kappa shape index (κ3) is 7.46. The Balaban J connectivity index is 1.63. The summed E-state index contributed by atoms with van der Waals surface area (Å²) in [5.41, 5.74) is 2.67. The van der Waals surface area contributed by atoms with Crippen molar-refractivity contribution in [2.75, 3.05) is 39.3 Å². The van der Waals surface area contributed by atoms with E-state index in [9.17, 15) is 16.8 Å². The Hall–Kier alpha value is -2.76. The van der Waals surface area contributed by atoms with E-state index in [1.54, 1.807) is 54.3 Å². The first-order valence-corrected chi connectivity index (χ1v) is 16.1. The molecule has 1 aliphatic heterocycles. The van der Waals surface area contributed by atoms with E-state index in [1.165, 1.54) is 8.61 Å². The highest BCUT2D eigenvalue weighted by molar-refractivity contribution is 7.89. The maximum Gasteiger partial charge on any atom is 0.244 e. The van der Waals surface area contributed by atoms with Gasteiger partial charge in [-0.1, -0.05) is 54.6 Å². The molecule has 2 heterocycles. The molecule has 0 atom stereocenters. The van der Waals surface area contributed by atoms with Crippen molar-refractivity contribution in [2.45, 2.75) is 36.1 Å². The van der Waals surface area contributed by atoms with Gasteiger partial charge in [-0.25, -0.2) is 16.8 Å². The van der Waals surface area contributed by atoms with Crippen LogP contribution in [-0.4, -0.2) is 74.2 Å². The molecule has 10 heteroatoms. The summed E-state index contributed by atoms with van der Waals surface area (Å²) in [5.74, 6) is 0. The maximum atomic E-state index is 13.7. The Kier molecular flexibility index (Phi) is 9.45. The van der Waals surface area contributed by atoms with Crippen LogP contribution in [0.4, 0.5) is 0 Å². The number of sulfonamides is 2. The minimum Gasteiger partial charge on any atom is -0.356 e. The van der Waals surface area contributed by atoms with E-state index in [1.807, 2.05) is 25.1 Å². The predicted molar refractivity (Wildman–Crippen MR) is 154 cm³/mol. The van der Waals surface area contributed by atoms with Gasteiger partial charge in [0.25, 0.3) is 0 Å². The SMILES string of the molecule is C=C1CN(S(=O)(=O)c2ccc(C)cc2)CCCN(Cc2ccccc2)CCCN(S(=O)(=O)c2ccn(C)c2)C1. The molecule has 0 unspecified atom stereocenters. The topological polar surface area (TPSA) is 82.9 Å². The molecule has 2 aromatic carbocycles. The van der Waals surface area contributed by atoms with Gasteiger partial charge < -0.3 is 4.57 Å². The second-order valence-corrected chi connectivity index (χ2v) is 14.1. The molecule has 0 N–H and O–H groups in total. The molecule has 0 saturated carbocycles. The van der Waals surface area contributed by atoms with Gasteiger partial charge in [-0.05, 0) is 62.2 Å². The summed E-state index contributed by atoms with van der Waals surface area (Å²) >= 11 is 0. The van der Waals surface area contributed by atoms with Crippen LogP contribution in [0.5, 0.6) is 0 Å². The summed E-state index contributed by atoms with van der Waals surface area (Å²) in [4.78, 5) is 2.72. The van der Waals surface area contributed by atoms with Crippen molar-refractivity contribution < 1.29 is 16.8 Å². The van der Waals surface area contributed by atoms with Crippen LogP contribution in [0, 0.1) is 6.92 Å². The van der Waals surface area contributed by atoms with Gasteiger partial charge in [0.05, 0.1) is 9.79 Å². The lowest BCUT2D eigenvalue weighted by Gasteiger charge is -2.30. The lowest BCUT2D eigenvalue weighted by Crippen LogP contribution is -2.41. The molecule has 8 nitrogen and oxygen atoms in total. The largest absolute Gasteiger partial charge is 0.356 e. The summed E-state index contributed by atoms with van der Waals surface area (Å²) in [7, 11) is -5.80. The molecule has 210 valence electrons. The smallest absolute Gasteiger partial charge is 0.244 e. The first-order valence-electron chi connectivity index (χ1n) is 13.2. The van der Waals surface area contributed by atoms with E-state index in [0.29, 0.717) is 51.1 Å². The molecule has 1 aromatic heterocycles. The Bertz CT molecular complexity index is 1470. The molecule has 0 radical (unpaired) electrons. The van der Waals surface area contributed by atoms with Gasteiger partial charge in [0.15, 0.2) is 0 Å². The Labute approximate surface area is 233 Å². The van der Waals surface area contributed by atoms with Crippen LogP contribution >= 0.6 is 0 Å². The van der Waals surface area contributed by atoms with E-state index in [0.717, 1.165) is 11.1 Å². The van der Waals surface area contributed by atoms with Crippen molar-refractivity contribution in [3.8, 4) is 0 Å². The number of hydrogen-bond donors (Lipinski definition) is 0. The minimum absolute atomic E-state index is 0.0513. The van der Waals surface area contributed by atoms with E-state index in [4.69, 9.17) is 0 Å². The maximum absolute atomic E-state index is 13.7. The van der Waals surface area contributed by atoms with Crippen LogP contribution in [0.15, 0.2) is 95.0 Å². The minimum atomic E-state index is -3.80. The van der Waals surface area contributed by atoms with Crippen molar-refractivity contribution >= 4 is 20.0 Å². The Morgan fingerprint density at radius 1 is 0.744 bits per heavy atom. The van der Waals surface area contributed by atoms with Crippen molar-refractivity contribution in [1.82, 2.24) is 18.1 Å². The van der Waals surface area contributed by atoms with Gasteiger partial charge in [-0.15, -0.1) is 0 Å². The zero-order valence-electron chi connectivity index (χ0n) is 22.7. The number of hydrogen-bond acceptors (Lipinski definition) is 5. The first kappa shape index (κ1) is 29.2. The van der Waals surface area contributed by atoms with Crippen molar-refractivity contribution in [3.63, 3.8) is 0 Å². The molecule has 1 aliphatic rings. The lowest BCUT2D eigenvalue weighted by molar-refractivity contribution is 0.238. The van der Waals surface area contributed by atoms with Crippen molar-refractivity contribution in [3.05, 3.63) is 96.3 Å². The summed E-state index contributed by atoms with van der Waals surface area (Å²) < 4.78 is 59.1. The molecule has 0 spiro atoms. The number of benzene rings is 2. The van der Waals surface area contributed by atoms with Crippen LogP contribution in [0.1, 0.15) is 24.0 Å². The van der Waals surface area contributed by atoms with Crippen LogP contribution < -0.4 is 0 Å². The molecular weight excluding hydrogens is 532 g/mol. The summed E-state index contributed by atoms with van der Waals surface area (Å²) in [6.07, 6.45) is 4.59.